The second-order valence-electron chi connectivity index (χ2n) is 17.5. The van der Waals surface area contributed by atoms with E-state index in [4.69, 9.17) is 45.9 Å². The molecule has 77 heavy (non-hydrogen) atoms. The number of nitrogens with one attached hydrogen (secondary N) is 7. The molecule has 0 aliphatic rings. The van der Waals surface area contributed by atoms with Crippen LogP contribution in [0.4, 0.5) is 0 Å². The molecule has 0 heterocycles. The minimum atomic E-state index is -1.46. The van der Waals surface area contributed by atoms with Crippen molar-refractivity contribution in [2.75, 3.05) is 42.6 Å². The monoisotopic (exact) mass is 1160 g/mol. The molecule has 0 saturated heterocycles. The van der Waals surface area contributed by atoms with E-state index in [1.807, 2.05) is 0 Å². The molecular formula is C44H76N18O11S4. The highest BCUT2D eigenvalue weighted by atomic mass is 33.1. The number of hydrogen-bond donors (Lipinski definition) is 19. The third-order valence-electron chi connectivity index (χ3n) is 10.8. The Morgan fingerprint density at radius 1 is 0.494 bits per heavy atom. The lowest BCUT2D eigenvalue weighted by molar-refractivity contribution is -0.142. The fourth-order valence-electron chi connectivity index (χ4n) is 6.43. The van der Waals surface area contributed by atoms with E-state index in [0.29, 0.717) is 5.56 Å². The third-order valence-corrected chi connectivity index (χ3v) is 14.0. The van der Waals surface area contributed by atoms with Crippen LogP contribution in [-0.4, -0.2) is 178 Å². The molecule has 0 aliphatic carbocycles. The number of benzene rings is 1. The van der Waals surface area contributed by atoms with Crippen LogP contribution in [0.3, 0.4) is 0 Å². The number of carbonyl (C=O) groups is 9. The number of guanidine groups is 3. The Hall–Kier alpha value is -6.42. The van der Waals surface area contributed by atoms with Crippen LogP contribution in [0.25, 0.3) is 0 Å². The summed E-state index contributed by atoms with van der Waals surface area (Å²) in [5, 5.41) is 37.2. The maximum Gasteiger partial charge on any atom is 0.326 e. The molecule has 1 aromatic carbocycles. The highest BCUT2D eigenvalue weighted by molar-refractivity contribution is 8.76. The largest absolute Gasteiger partial charge is 0.480 e. The minimum Gasteiger partial charge on any atom is -0.480 e. The zero-order valence-corrected chi connectivity index (χ0v) is 46.2. The molecule has 7 amide bonds. The summed E-state index contributed by atoms with van der Waals surface area (Å²) in [5.41, 5.74) is 44.9. The van der Waals surface area contributed by atoms with Gasteiger partial charge >= 0.3 is 11.9 Å². The number of hydrogen-bond acceptors (Lipinski definition) is 18. The number of rotatable bonds is 38. The molecular weight excluding hydrogens is 1080 g/mol. The fraction of sp³-hybridized carbons (Fsp3) is 0.591. The number of aliphatic carboxylic acids is 2. The summed E-state index contributed by atoms with van der Waals surface area (Å²) in [7, 11) is 1.93. The third kappa shape index (κ3) is 28.5. The summed E-state index contributed by atoms with van der Waals surface area (Å²) in [6.45, 7) is 3.70. The van der Waals surface area contributed by atoms with Crippen LogP contribution in [0.5, 0.6) is 0 Å². The van der Waals surface area contributed by atoms with Crippen molar-refractivity contribution in [3.63, 3.8) is 0 Å². The zero-order chi connectivity index (χ0) is 58.2. The van der Waals surface area contributed by atoms with E-state index in [1.165, 1.54) is 0 Å². The molecule has 0 radical (unpaired) electrons. The van der Waals surface area contributed by atoms with Crippen LogP contribution in [-0.2, 0) is 49.6 Å². The molecule has 0 bridgehead atoms. The quantitative estimate of drug-likeness (QED) is 0.00965. The number of carbonyl (C=O) groups excluding carboxylic acids is 7. The van der Waals surface area contributed by atoms with Crippen molar-refractivity contribution in [1.82, 2.24) is 37.2 Å². The van der Waals surface area contributed by atoms with Gasteiger partial charge in [-0.05, 0) is 50.0 Å². The van der Waals surface area contributed by atoms with Gasteiger partial charge in [0.15, 0.2) is 17.9 Å². The van der Waals surface area contributed by atoms with E-state index in [1.54, 1.807) is 44.2 Å². The number of nitrogens with zero attached hydrogens (tertiary/aromatic N) is 3. The number of amides is 7. The number of aliphatic imine (C=N–C) groups is 3. The van der Waals surface area contributed by atoms with Crippen LogP contribution in [0.2, 0.25) is 0 Å². The Kier molecular flexibility index (Phi) is 33.3. The molecule has 33 heteroatoms. The molecule has 432 valence electrons. The predicted octanol–water partition coefficient (Wildman–Crippen LogP) is -5.50. The van der Waals surface area contributed by atoms with Gasteiger partial charge in [-0.15, -0.1) is 0 Å². The SMILES string of the molecule is CC(C)[C@H](N)C(=O)N[C@@H](CSSC[C@H](NC(=O)[C@@H](N)CCCN=C(N)N)C(=O)N[C@@H](CS)C(=O)N[C@@H](Cc1ccccc1)C(=O)N[C@@H](CS)C(=O)N[C@@H](CCCN=C(N)N)C(=O)O)C(=O)N[C@@H](CCCN=C(N)N)C(=O)O. The van der Waals surface area contributed by atoms with E-state index in [9.17, 15) is 53.4 Å². The lowest BCUT2D eigenvalue weighted by Gasteiger charge is -2.26. The molecule has 0 aromatic heterocycles. The minimum absolute atomic E-state index is 0.0567. The van der Waals surface area contributed by atoms with Crippen LogP contribution < -0.4 is 83.1 Å². The van der Waals surface area contributed by atoms with Gasteiger partial charge in [-0.2, -0.15) is 25.3 Å². The summed E-state index contributed by atoms with van der Waals surface area (Å²) in [5.74, 6) is -10.6. The van der Waals surface area contributed by atoms with E-state index in [0.717, 1.165) is 21.6 Å². The van der Waals surface area contributed by atoms with Crippen molar-refractivity contribution in [1.29, 1.82) is 0 Å². The molecule has 0 fully saturated rings. The standard InChI is InChI=1S/C44H76N18O11S4/c1-22(2)32(46)39(69)62-31(37(67)57-26(41(72)73)13-8-16-55-44(51)52)21-77-76-20-30(61-33(63)24(45)11-6-14-53-42(47)48)38(68)60-29(19-75)36(66)58-27(17-23-9-4-3-5-10-23)34(64)59-28(18-74)35(65)56-25(40(70)71)12-7-15-54-43(49)50/h3-5,9-10,22,24-32,74-75H,6-8,11-21,45-46H2,1-2H3,(H,56,65)(H,57,67)(H,58,66)(H,59,64)(H,60,68)(H,61,63)(H,62,69)(H,70,71)(H,72,73)(H4,47,48,53)(H4,49,50,54)(H4,51,52,55)/t24-,25-,26-,27-,28-,29-,30-,31-,32-/m0/s1. The van der Waals surface area contributed by atoms with Crippen molar-refractivity contribution in [3.05, 3.63) is 35.9 Å². The lowest BCUT2D eigenvalue weighted by Crippen LogP contribution is -2.60. The molecule has 1 rings (SSSR count). The first-order valence-electron chi connectivity index (χ1n) is 24.1. The average Bonchev–Trinajstić information content (AvgIpc) is 3.37. The Labute approximate surface area is 465 Å². The smallest absolute Gasteiger partial charge is 0.326 e. The maximum atomic E-state index is 14.1. The molecule has 0 spiro atoms. The zero-order valence-electron chi connectivity index (χ0n) is 42.8. The molecule has 29 nitrogen and oxygen atoms in total. The van der Waals surface area contributed by atoms with Gasteiger partial charge < -0.3 is 93.3 Å². The Bertz CT molecular complexity index is 2190. The number of carboxylic acids is 2. The summed E-state index contributed by atoms with van der Waals surface area (Å²) in [4.78, 5) is 131. The molecule has 0 aliphatic heterocycles. The first kappa shape index (κ1) is 68.6. The molecule has 0 saturated carbocycles. The van der Waals surface area contributed by atoms with Crippen LogP contribution in [0.1, 0.15) is 57.9 Å². The second kappa shape index (κ2) is 37.4. The molecule has 9 atom stereocenters. The summed E-state index contributed by atoms with van der Waals surface area (Å²) in [6.07, 6.45) is 0.502. The summed E-state index contributed by atoms with van der Waals surface area (Å²) >= 11 is 8.48. The maximum absolute atomic E-state index is 14.1. The van der Waals surface area contributed by atoms with E-state index in [-0.39, 0.29) is 111 Å². The van der Waals surface area contributed by atoms with E-state index < -0.39 is 108 Å². The molecule has 0 unspecified atom stereocenters. The van der Waals surface area contributed by atoms with Gasteiger partial charge in [0.05, 0.1) is 12.1 Å². The van der Waals surface area contributed by atoms with Crippen LogP contribution in [0, 0.1) is 5.92 Å². The van der Waals surface area contributed by atoms with Gasteiger partial charge in [-0.25, -0.2) is 9.59 Å². The number of thiol groups is 2. The van der Waals surface area contributed by atoms with E-state index >= 15 is 0 Å². The highest BCUT2D eigenvalue weighted by Gasteiger charge is 2.34. The fourth-order valence-corrected chi connectivity index (χ4v) is 9.27. The van der Waals surface area contributed by atoms with Gasteiger partial charge in [-0.1, -0.05) is 65.8 Å². The Morgan fingerprint density at radius 3 is 1.21 bits per heavy atom. The van der Waals surface area contributed by atoms with Crippen LogP contribution in [0.15, 0.2) is 45.3 Å². The number of nitrogens with two attached hydrogens (primary N) is 8. The van der Waals surface area contributed by atoms with Gasteiger partial charge in [0.25, 0.3) is 0 Å². The average molecular weight is 1160 g/mol. The topological polar surface area (TPSA) is 524 Å². The van der Waals surface area contributed by atoms with Crippen LogP contribution >= 0.6 is 46.8 Å². The van der Waals surface area contributed by atoms with Crippen molar-refractivity contribution >= 4 is 118 Å². The highest BCUT2D eigenvalue weighted by Crippen LogP contribution is 2.24. The summed E-state index contributed by atoms with van der Waals surface area (Å²) < 4.78 is 0. The Morgan fingerprint density at radius 2 is 0.831 bits per heavy atom. The normalized spacial score (nSPS) is 14.4. The second-order valence-corrected chi connectivity index (χ2v) is 20.7. The van der Waals surface area contributed by atoms with E-state index in [2.05, 4.69) is 77.5 Å². The van der Waals surface area contributed by atoms with Crippen molar-refractivity contribution in [3.8, 4) is 0 Å². The van der Waals surface area contributed by atoms with Gasteiger partial charge in [-0.3, -0.25) is 48.5 Å². The van der Waals surface area contributed by atoms with Crippen molar-refractivity contribution in [2.45, 2.75) is 113 Å². The first-order chi connectivity index (χ1) is 36.3. The van der Waals surface area contributed by atoms with Gasteiger partial charge in [0.1, 0.15) is 42.3 Å². The molecule has 25 N–H and O–H groups in total. The molecule has 1 aromatic rings. The first-order valence-corrected chi connectivity index (χ1v) is 27.8. The van der Waals surface area contributed by atoms with Crippen molar-refractivity contribution in [2.24, 2.45) is 66.8 Å². The van der Waals surface area contributed by atoms with Gasteiger partial charge in [0.2, 0.25) is 41.4 Å². The number of carboxylic acid groups (broad SMARTS) is 2. The van der Waals surface area contributed by atoms with Crippen molar-refractivity contribution < 1.29 is 53.4 Å². The Balaban J connectivity index is 3.44. The predicted molar refractivity (Wildman–Crippen MR) is 302 cm³/mol. The lowest BCUT2D eigenvalue weighted by atomic mass is 10.0. The summed E-state index contributed by atoms with van der Waals surface area (Å²) in [6, 6.07) is -3.55. The van der Waals surface area contributed by atoms with Gasteiger partial charge in [0, 0.05) is 49.1 Å².